The number of carbonyl (C=O) groups is 1. The number of amides is 1. The van der Waals surface area contributed by atoms with Crippen LogP contribution in [0.3, 0.4) is 0 Å². The summed E-state index contributed by atoms with van der Waals surface area (Å²) in [6.45, 7) is 0. The molecule has 0 aliphatic heterocycles. The van der Waals surface area contributed by atoms with Crippen molar-refractivity contribution in [1.29, 1.82) is 0 Å². The summed E-state index contributed by atoms with van der Waals surface area (Å²) in [6, 6.07) is 11.0. The Morgan fingerprint density at radius 1 is 1.05 bits per heavy atom. The molecule has 2 heterocycles. The van der Waals surface area contributed by atoms with Crippen molar-refractivity contribution >= 4 is 5.91 Å². The van der Waals surface area contributed by atoms with Gasteiger partial charge in [0.2, 0.25) is 5.91 Å². The highest BCUT2D eigenvalue weighted by atomic mass is 16.1. The highest BCUT2D eigenvalue weighted by Gasteiger charge is 2.17. The monoisotopic (exact) mass is 264 g/mol. The van der Waals surface area contributed by atoms with E-state index in [1.807, 2.05) is 24.3 Å². The Kier molecular flexibility index (Phi) is 3.01. The van der Waals surface area contributed by atoms with Gasteiger partial charge >= 0.3 is 0 Å². The Balaban J connectivity index is 2.30. The molecular weight excluding hydrogens is 252 g/mol. The molecule has 1 amide bonds. The first kappa shape index (κ1) is 12.1. The second kappa shape index (κ2) is 4.97. The van der Waals surface area contributed by atoms with E-state index in [0.717, 1.165) is 11.3 Å². The number of pyridine rings is 1. The minimum atomic E-state index is -0.491. The molecule has 1 aromatic carbocycles. The molecule has 20 heavy (non-hydrogen) atoms. The van der Waals surface area contributed by atoms with Gasteiger partial charge in [-0.05, 0) is 18.2 Å². The number of nitrogens with zero attached hydrogens (tertiary/aromatic N) is 2. The summed E-state index contributed by atoms with van der Waals surface area (Å²) < 4.78 is 0. The lowest BCUT2D eigenvalue weighted by molar-refractivity contribution is 0.100. The molecule has 5 nitrogen and oxygen atoms in total. The zero-order chi connectivity index (χ0) is 13.9. The maximum atomic E-state index is 11.7. The SMILES string of the molecule is NC(=O)c1cccc(-c2ccccn2)c1-c1ncc[nH]1. The number of benzene rings is 1. The second-order valence-corrected chi connectivity index (χ2v) is 4.25. The van der Waals surface area contributed by atoms with Gasteiger partial charge in [0.05, 0.1) is 11.3 Å². The summed E-state index contributed by atoms with van der Waals surface area (Å²) in [4.78, 5) is 23.2. The maximum Gasteiger partial charge on any atom is 0.249 e. The number of imidazole rings is 1. The molecule has 0 saturated heterocycles. The molecule has 3 rings (SSSR count). The molecular formula is C15H12N4O. The van der Waals surface area contributed by atoms with Crippen LogP contribution in [-0.2, 0) is 0 Å². The zero-order valence-electron chi connectivity index (χ0n) is 10.6. The normalized spacial score (nSPS) is 10.4. The average molecular weight is 264 g/mol. The standard InChI is InChI=1S/C15H12N4O/c16-14(20)11-5-3-4-10(12-6-1-2-7-17-12)13(11)15-18-8-9-19-15/h1-9H,(H2,16,20)(H,18,19). The fourth-order valence-corrected chi connectivity index (χ4v) is 2.15. The van der Waals surface area contributed by atoms with Crippen LogP contribution >= 0.6 is 0 Å². The van der Waals surface area contributed by atoms with Crippen molar-refractivity contribution in [3.05, 3.63) is 60.6 Å². The van der Waals surface area contributed by atoms with Crippen LogP contribution in [0.5, 0.6) is 0 Å². The molecule has 0 radical (unpaired) electrons. The predicted octanol–water partition coefficient (Wildman–Crippen LogP) is 2.24. The number of nitrogens with one attached hydrogen (secondary N) is 1. The van der Waals surface area contributed by atoms with Gasteiger partial charge in [-0.1, -0.05) is 18.2 Å². The van der Waals surface area contributed by atoms with Crippen LogP contribution in [0.2, 0.25) is 0 Å². The van der Waals surface area contributed by atoms with Crippen molar-refractivity contribution in [3.8, 4) is 22.6 Å². The summed E-state index contributed by atoms with van der Waals surface area (Å²) in [5.41, 5.74) is 8.14. The number of primary amides is 1. The first-order chi connectivity index (χ1) is 9.77. The molecule has 0 fully saturated rings. The van der Waals surface area contributed by atoms with Crippen LogP contribution in [-0.4, -0.2) is 20.9 Å². The van der Waals surface area contributed by atoms with Crippen molar-refractivity contribution < 1.29 is 4.79 Å². The fourth-order valence-electron chi connectivity index (χ4n) is 2.15. The third kappa shape index (κ3) is 2.05. The lowest BCUT2D eigenvalue weighted by Gasteiger charge is -2.10. The first-order valence-corrected chi connectivity index (χ1v) is 6.11. The van der Waals surface area contributed by atoms with Crippen LogP contribution < -0.4 is 5.73 Å². The highest BCUT2D eigenvalue weighted by Crippen LogP contribution is 2.31. The van der Waals surface area contributed by atoms with Crippen molar-refractivity contribution in [2.75, 3.05) is 0 Å². The molecule has 0 unspecified atom stereocenters. The Hall–Kier alpha value is -2.95. The van der Waals surface area contributed by atoms with E-state index in [1.54, 1.807) is 30.7 Å². The second-order valence-electron chi connectivity index (χ2n) is 4.25. The van der Waals surface area contributed by atoms with E-state index < -0.39 is 5.91 Å². The van der Waals surface area contributed by atoms with E-state index in [1.165, 1.54) is 0 Å². The third-order valence-corrected chi connectivity index (χ3v) is 3.01. The lowest BCUT2D eigenvalue weighted by atomic mass is 9.97. The lowest BCUT2D eigenvalue weighted by Crippen LogP contribution is -2.13. The Morgan fingerprint density at radius 3 is 2.60 bits per heavy atom. The number of aromatic nitrogens is 3. The number of rotatable bonds is 3. The number of hydrogen-bond donors (Lipinski definition) is 2. The largest absolute Gasteiger partial charge is 0.366 e. The van der Waals surface area contributed by atoms with Crippen LogP contribution in [0.1, 0.15) is 10.4 Å². The Bertz CT molecular complexity index is 736. The van der Waals surface area contributed by atoms with Crippen LogP contribution in [0.15, 0.2) is 55.0 Å². The van der Waals surface area contributed by atoms with Crippen molar-refractivity contribution in [1.82, 2.24) is 15.0 Å². The van der Waals surface area contributed by atoms with Gasteiger partial charge in [0.25, 0.3) is 0 Å². The minimum Gasteiger partial charge on any atom is -0.366 e. The molecule has 0 aliphatic carbocycles. The number of nitrogens with two attached hydrogens (primary N) is 1. The molecule has 0 aliphatic rings. The molecule has 5 heteroatoms. The molecule has 0 spiro atoms. The number of H-pyrrole nitrogens is 1. The summed E-state index contributed by atoms with van der Waals surface area (Å²) in [7, 11) is 0. The Morgan fingerprint density at radius 2 is 1.95 bits per heavy atom. The molecule has 2 aromatic heterocycles. The van der Waals surface area contributed by atoms with Gasteiger partial charge in [-0.3, -0.25) is 9.78 Å². The van der Waals surface area contributed by atoms with Gasteiger partial charge < -0.3 is 10.7 Å². The third-order valence-electron chi connectivity index (χ3n) is 3.01. The zero-order valence-corrected chi connectivity index (χ0v) is 10.6. The van der Waals surface area contributed by atoms with Gasteiger partial charge in [0, 0.05) is 29.7 Å². The molecule has 98 valence electrons. The van der Waals surface area contributed by atoms with Crippen LogP contribution in [0, 0.1) is 0 Å². The molecule has 3 N–H and O–H groups in total. The topological polar surface area (TPSA) is 84.7 Å². The van der Waals surface area contributed by atoms with E-state index in [2.05, 4.69) is 15.0 Å². The van der Waals surface area contributed by atoms with Crippen molar-refractivity contribution in [3.63, 3.8) is 0 Å². The average Bonchev–Trinajstić information content (AvgIpc) is 3.01. The number of hydrogen-bond acceptors (Lipinski definition) is 3. The van der Waals surface area contributed by atoms with Crippen molar-refractivity contribution in [2.45, 2.75) is 0 Å². The highest BCUT2D eigenvalue weighted by molar-refractivity contribution is 6.02. The van der Waals surface area contributed by atoms with E-state index >= 15 is 0 Å². The Labute approximate surface area is 115 Å². The summed E-state index contributed by atoms with van der Waals surface area (Å²) in [6.07, 6.45) is 5.04. The van der Waals surface area contributed by atoms with E-state index in [0.29, 0.717) is 17.0 Å². The van der Waals surface area contributed by atoms with Crippen molar-refractivity contribution in [2.24, 2.45) is 5.73 Å². The van der Waals surface area contributed by atoms with E-state index in [4.69, 9.17) is 5.73 Å². The molecule has 0 bridgehead atoms. The fraction of sp³-hybridized carbons (Fsp3) is 0. The van der Waals surface area contributed by atoms with Gasteiger partial charge in [0.15, 0.2) is 0 Å². The number of aromatic amines is 1. The molecule has 3 aromatic rings. The van der Waals surface area contributed by atoms with Gasteiger partial charge in [-0.15, -0.1) is 0 Å². The molecule has 0 atom stereocenters. The number of carbonyl (C=O) groups excluding carboxylic acids is 1. The smallest absolute Gasteiger partial charge is 0.249 e. The molecule has 0 saturated carbocycles. The first-order valence-electron chi connectivity index (χ1n) is 6.11. The van der Waals surface area contributed by atoms with Gasteiger partial charge in [-0.2, -0.15) is 0 Å². The summed E-state index contributed by atoms with van der Waals surface area (Å²) >= 11 is 0. The predicted molar refractivity (Wildman–Crippen MR) is 75.8 cm³/mol. The van der Waals surface area contributed by atoms with Gasteiger partial charge in [0.1, 0.15) is 5.82 Å². The van der Waals surface area contributed by atoms with Gasteiger partial charge in [-0.25, -0.2) is 4.98 Å². The maximum absolute atomic E-state index is 11.7. The minimum absolute atomic E-state index is 0.420. The summed E-state index contributed by atoms with van der Waals surface area (Å²) in [5.74, 6) is 0.106. The summed E-state index contributed by atoms with van der Waals surface area (Å²) in [5, 5.41) is 0. The van der Waals surface area contributed by atoms with E-state index in [-0.39, 0.29) is 0 Å². The quantitative estimate of drug-likeness (QED) is 0.760. The van der Waals surface area contributed by atoms with E-state index in [9.17, 15) is 4.79 Å². The van der Waals surface area contributed by atoms with Crippen LogP contribution in [0.4, 0.5) is 0 Å². The van der Waals surface area contributed by atoms with Crippen LogP contribution in [0.25, 0.3) is 22.6 Å².